The zero-order valence-electron chi connectivity index (χ0n) is 15.0. The van der Waals surface area contributed by atoms with E-state index in [1.54, 1.807) is 32.4 Å². The largest absolute Gasteiger partial charge is 0.497 e. The Balaban J connectivity index is 1.60. The molecule has 0 saturated carbocycles. The third-order valence-corrected chi connectivity index (χ3v) is 4.88. The first-order valence-corrected chi connectivity index (χ1v) is 9.15. The maximum Gasteiger partial charge on any atom is 0.226 e. The molecule has 1 N–H and O–H groups in total. The maximum atomic E-state index is 13.3. The monoisotopic (exact) mass is 386 g/mol. The van der Waals surface area contributed by atoms with E-state index in [-0.39, 0.29) is 18.1 Å². The van der Waals surface area contributed by atoms with Crippen LogP contribution >= 0.6 is 11.3 Å². The fraction of sp³-hybridized carbons (Fsp3) is 0.200. The number of nitrogens with zero attached hydrogens (tertiary/aromatic N) is 1. The molecule has 3 rings (SSSR count). The lowest BCUT2D eigenvalue weighted by Crippen LogP contribution is -2.24. The number of nitrogens with one attached hydrogen (secondary N) is 1. The lowest BCUT2D eigenvalue weighted by Gasteiger charge is -2.11. The number of halogens is 1. The molecule has 0 bridgehead atoms. The number of rotatable bonds is 7. The third kappa shape index (κ3) is 4.83. The molecule has 27 heavy (non-hydrogen) atoms. The summed E-state index contributed by atoms with van der Waals surface area (Å²) in [4.78, 5) is 16.7. The van der Waals surface area contributed by atoms with Crippen LogP contribution in [0.25, 0.3) is 10.6 Å². The third-order valence-electron chi connectivity index (χ3n) is 3.94. The Bertz CT molecular complexity index is 942. The number of methoxy groups -OCH3 is 2. The summed E-state index contributed by atoms with van der Waals surface area (Å²) in [7, 11) is 3.16. The van der Waals surface area contributed by atoms with Crippen LogP contribution in [-0.2, 0) is 17.8 Å². The van der Waals surface area contributed by atoms with Gasteiger partial charge in [-0.05, 0) is 24.3 Å². The summed E-state index contributed by atoms with van der Waals surface area (Å²) >= 11 is 1.39. The number of carbonyl (C=O) groups is 1. The SMILES string of the molecule is COc1ccc(CNC(=O)Cc2csc(-c3cccc(F)c3)n2)c(OC)c1. The highest BCUT2D eigenvalue weighted by atomic mass is 32.1. The molecule has 5 nitrogen and oxygen atoms in total. The Morgan fingerprint density at radius 2 is 2.04 bits per heavy atom. The van der Waals surface area contributed by atoms with Gasteiger partial charge in [-0.15, -0.1) is 11.3 Å². The smallest absolute Gasteiger partial charge is 0.226 e. The summed E-state index contributed by atoms with van der Waals surface area (Å²) in [6.45, 7) is 0.340. The molecule has 0 aliphatic carbocycles. The molecule has 0 aliphatic rings. The van der Waals surface area contributed by atoms with Crippen molar-refractivity contribution in [2.24, 2.45) is 0 Å². The lowest BCUT2D eigenvalue weighted by molar-refractivity contribution is -0.120. The van der Waals surface area contributed by atoms with Crippen molar-refractivity contribution < 1.29 is 18.7 Å². The van der Waals surface area contributed by atoms with E-state index in [0.29, 0.717) is 34.3 Å². The minimum absolute atomic E-state index is 0.149. The summed E-state index contributed by atoms with van der Waals surface area (Å²) in [6.07, 6.45) is 0.157. The first-order valence-electron chi connectivity index (χ1n) is 8.27. The molecule has 0 spiro atoms. The molecule has 1 aromatic heterocycles. The summed E-state index contributed by atoms with van der Waals surface area (Å²) in [5, 5.41) is 5.36. The van der Waals surface area contributed by atoms with Crippen molar-refractivity contribution in [2.45, 2.75) is 13.0 Å². The highest BCUT2D eigenvalue weighted by Gasteiger charge is 2.11. The predicted molar refractivity (Wildman–Crippen MR) is 103 cm³/mol. The van der Waals surface area contributed by atoms with Crippen molar-refractivity contribution in [1.82, 2.24) is 10.3 Å². The summed E-state index contributed by atoms with van der Waals surface area (Å²) < 4.78 is 23.8. The molecule has 2 aromatic carbocycles. The van der Waals surface area contributed by atoms with E-state index in [9.17, 15) is 9.18 Å². The quantitative estimate of drug-likeness (QED) is 0.671. The van der Waals surface area contributed by atoms with Crippen LogP contribution in [0.2, 0.25) is 0 Å². The van der Waals surface area contributed by atoms with Crippen LogP contribution in [0, 0.1) is 5.82 Å². The van der Waals surface area contributed by atoms with Crippen LogP contribution < -0.4 is 14.8 Å². The lowest BCUT2D eigenvalue weighted by atomic mass is 10.2. The Hall–Kier alpha value is -2.93. The predicted octanol–water partition coefficient (Wildman–Crippen LogP) is 3.83. The minimum atomic E-state index is -0.310. The number of amides is 1. The molecule has 0 unspecified atom stereocenters. The molecular weight excluding hydrogens is 367 g/mol. The van der Waals surface area contributed by atoms with Crippen LogP contribution in [0.5, 0.6) is 11.5 Å². The van der Waals surface area contributed by atoms with E-state index in [0.717, 1.165) is 5.56 Å². The van der Waals surface area contributed by atoms with Crippen molar-refractivity contribution in [2.75, 3.05) is 14.2 Å². The van der Waals surface area contributed by atoms with E-state index in [2.05, 4.69) is 10.3 Å². The average molecular weight is 386 g/mol. The molecule has 0 saturated heterocycles. The average Bonchev–Trinajstić information content (AvgIpc) is 3.14. The fourth-order valence-electron chi connectivity index (χ4n) is 2.56. The molecule has 0 aliphatic heterocycles. The van der Waals surface area contributed by atoms with Crippen LogP contribution in [-0.4, -0.2) is 25.1 Å². The Labute approximate surface area is 160 Å². The van der Waals surface area contributed by atoms with E-state index >= 15 is 0 Å². The first kappa shape index (κ1) is 18.8. The summed E-state index contributed by atoms with van der Waals surface area (Å²) in [5.41, 5.74) is 2.21. The maximum absolute atomic E-state index is 13.3. The Morgan fingerprint density at radius 1 is 1.19 bits per heavy atom. The second kappa shape index (κ2) is 8.64. The molecular formula is C20H19FN2O3S. The Kier molecular flexibility index (Phi) is 6.03. The number of thiazole rings is 1. The van der Waals surface area contributed by atoms with Gasteiger partial charge in [0.05, 0.1) is 26.3 Å². The molecule has 1 heterocycles. The van der Waals surface area contributed by atoms with Crippen molar-refractivity contribution in [3.8, 4) is 22.1 Å². The van der Waals surface area contributed by atoms with Crippen molar-refractivity contribution >= 4 is 17.2 Å². The van der Waals surface area contributed by atoms with Crippen molar-refractivity contribution in [3.63, 3.8) is 0 Å². The summed E-state index contributed by atoms with van der Waals surface area (Å²) in [5.74, 6) is 0.880. The molecule has 140 valence electrons. The van der Waals surface area contributed by atoms with Gasteiger partial charge in [0.1, 0.15) is 22.3 Å². The first-order chi connectivity index (χ1) is 13.1. The second-order valence-electron chi connectivity index (χ2n) is 5.79. The number of aromatic nitrogens is 1. The molecule has 0 atom stereocenters. The standard InChI is InChI=1S/C20H19FN2O3S/c1-25-17-7-6-14(18(10-17)26-2)11-22-19(24)9-16-12-27-20(23-16)13-4-3-5-15(21)8-13/h3-8,10,12H,9,11H2,1-2H3,(H,22,24). The van der Waals surface area contributed by atoms with E-state index < -0.39 is 0 Å². The minimum Gasteiger partial charge on any atom is -0.497 e. The van der Waals surface area contributed by atoms with Gasteiger partial charge in [-0.25, -0.2) is 9.37 Å². The van der Waals surface area contributed by atoms with Crippen LogP contribution in [0.1, 0.15) is 11.3 Å². The normalized spacial score (nSPS) is 10.5. The van der Waals surface area contributed by atoms with E-state index in [1.165, 1.54) is 23.5 Å². The fourth-order valence-corrected chi connectivity index (χ4v) is 3.38. The zero-order chi connectivity index (χ0) is 19.2. The number of benzene rings is 2. The molecule has 0 fully saturated rings. The van der Waals surface area contributed by atoms with Gasteiger partial charge in [-0.1, -0.05) is 12.1 Å². The van der Waals surface area contributed by atoms with Crippen LogP contribution in [0.15, 0.2) is 47.8 Å². The van der Waals surface area contributed by atoms with Crippen LogP contribution in [0.3, 0.4) is 0 Å². The van der Waals surface area contributed by atoms with Crippen molar-refractivity contribution in [1.29, 1.82) is 0 Å². The highest BCUT2D eigenvalue weighted by Crippen LogP contribution is 2.25. The zero-order valence-corrected chi connectivity index (χ0v) is 15.8. The molecule has 7 heteroatoms. The van der Waals surface area contributed by atoms with Gasteiger partial charge in [0.2, 0.25) is 5.91 Å². The second-order valence-corrected chi connectivity index (χ2v) is 6.64. The Morgan fingerprint density at radius 3 is 2.78 bits per heavy atom. The van der Waals surface area contributed by atoms with Crippen LogP contribution in [0.4, 0.5) is 4.39 Å². The molecule has 1 amide bonds. The molecule has 3 aromatic rings. The van der Waals surface area contributed by atoms with Gasteiger partial charge in [-0.3, -0.25) is 4.79 Å². The van der Waals surface area contributed by atoms with Gasteiger partial charge < -0.3 is 14.8 Å². The topological polar surface area (TPSA) is 60.5 Å². The highest BCUT2D eigenvalue weighted by molar-refractivity contribution is 7.13. The summed E-state index contributed by atoms with van der Waals surface area (Å²) in [6, 6.07) is 11.7. The van der Waals surface area contributed by atoms with E-state index in [1.807, 2.05) is 17.5 Å². The van der Waals surface area contributed by atoms with Gasteiger partial charge in [0.15, 0.2) is 0 Å². The number of hydrogen-bond acceptors (Lipinski definition) is 5. The number of ether oxygens (including phenoxy) is 2. The van der Waals surface area contributed by atoms with Crippen molar-refractivity contribution in [3.05, 3.63) is 64.9 Å². The van der Waals surface area contributed by atoms with Gasteiger partial charge in [0.25, 0.3) is 0 Å². The van der Waals surface area contributed by atoms with Gasteiger partial charge in [-0.2, -0.15) is 0 Å². The molecule has 0 radical (unpaired) electrons. The number of carbonyl (C=O) groups excluding carboxylic acids is 1. The number of hydrogen-bond donors (Lipinski definition) is 1. The van der Waals surface area contributed by atoms with Gasteiger partial charge >= 0.3 is 0 Å². The van der Waals surface area contributed by atoms with E-state index in [4.69, 9.17) is 9.47 Å². The van der Waals surface area contributed by atoms with Gasteiger partial charge in [0, 0.05) is 29.1 Å².